The molecule has 19 heteroatoms. The molecule has 0 rings (SSSR count). The molecule has 17 nitrogen and oxygen atoms in total. The zero-order chi connectivity index (χ0) is 68.6. The number of hydrogen-bond acceptors (Lipinski definition) is 15. The highest BCUT2D eigenvalue weighted by molar-refractivity contribution is 7.47. The van der Waals surface area contributed by atoms with Crippen molar-refractivity contribution in [2.24, 2.45) is 11.8 Å². The van der Waals surface area contributed by atoms with E-state index in [0.717, 1.165) is 102 Å². The van der Waals surface area contributed by atoms with Crippen molar-refractivity contribution in [1.82, 2.24) is 0 Å². The predicted octanol–water partition coefficient (Wildman–Crippen LogP) is 21.6. The molecule has 0 fully saturated rings. The van der Waals surface area contributed by atoms with Gasteiger partial charge in [-0.1, -0.05) is 330 Å². The van der Waals surface area contributed by atoms with E-state index in [2.05, 4.69) is 41.5 Å². The number of esters is 4. The van der Waals surface area contributed by atoms with Gasteiger partial charge in [0, 0.05) is 25.7 Å². The second-order valence-corrected chi connectivity index (χ2v) is 30.5. The first kappa shape index (κ1) is 91.1. The van der Waals surface area contributed by atoms with Crippen LogP contribution in [0.5, 0.6) is 0 Å². The SMILES string of the molecule is CCCCCCCCCCCCCC(=O)OC[C@H](COP(=O)(O)OC[C@H](O)COP(=O)(O)OC[C@@H](COC(=O)CCCCCCCCCCCC(C)C)OC(=O)CCCCCCCCCCCCCCCCCCC(C)C)OC(=O)CCCCCCCCCCCCC. The number of hydrogen-bond donors (Lipinski definition) is 3. The number of phosphoric acid groups is 2. The van der Waals surface area contributed by atoms with Crippen molar-refractivity contribution >= 4 is 39.5 Å². The van der Waals surface area contributed by atoms with Crippen LogP contribution in [0.25, 0.3) is 0 Å². The van der Waals surface area contributed by atoms with Crippen molar-refractivity contribution in [3.05, 3.63) is 0 Å². The Kier molecular flexibility index (Phi) is 64.6. The Bertz CT molecular complexity index is 1800. The van der Waals surface area contributed by atoms with Crippen LogP contribution in [-0.4, -0.2) is 96.7 Å². The van der Waals surface area contributed by atoms with Crippen molar-refractivity contribution in [2.45, 2.75) is 400 Å². The molecule has 0 saturated carbocycles. The van der Waals surface area contributed by atoms with E-state index in [1.165, 1.54) is 199 Å². The molecular weight excluding hydrogens is 1220 g/mol. The van der Waals surface area contributed by atoms with Crippen LogP contribution in [0.4, 0.5) is 0 Å². The molecule has 0 radical (unpaired) electrons. The summed E-state index contributed by atoms with van der Waals surface area (Å²) in [6, 6.07) is 0. The van der Waals surface area contributed by atoms with Gasteiger partial charge in [0.05, 0.1) is 26.4 Å². The smallest absolute Gasteiger partial charge is 0.462 e. The molecule has 0 aromatic heterocycles. The largest absolute Gasteiger partial charge is 0.472 e. The van der Waals surface area contributed by atoms with Crippen molar-refractivity contribution in [3.63, 3.8) is 0 Å². The van der Waals surface area contributed by atoms with Crippen molar-refractivity contribution < 1.29 is 80.2 Å². The Morgan fingerprint density at radius 1 is 0.290 bits per heavy atom. The number of ether oxygens (including phenoxy) is 4. The van der Waals surface area contributed by atoms with E-state index in [4.69, 9.17) is 37.0 Å². The summed E-state index contributed by atoms with van der Waals surface area (Å²) >= 11 is 0. The maximum absolute atomic E-state index is 13.1. The van der Waals surface area contributed by atoms with Gasteiger partial charge in [0.2, 0.25) is 0 Å². The van der Waals surface area contributed by atoms with Gasteiger partial charge in [0.15, 0.2) is 12.2 Å². The molecule has 0 saturated heterocycles. The highest BCUT2D eigenvalue weighted by atomic mass is 31.2. The molecule has 93 heavy (non-hydrogen) atoms. The minimum absolute atomic E-state index is 0.107. The molecule has 3 N–H and O–H groups in total. The lowest BCUT2D eigenvalue weighted by Gasteiger charge is -2.21. The summed E-state index contributed by atoms with van der Waals surface area (Å²) in [6.07, 6.45) is 52.6. The first-order valence-corrected chi connectivity index (χ1v) is 41.5. The highest BCUT2D eigenvalue weighted by Gasteiger charge is 2.30. The number of unbranched alkanes of at least 4 members (excludes halogenated alkanes) is 43. The molecule has 0 heterocycles. The van der Waals surface area contributed by atoms with Gasteiger partial charge in [-0.15, -0.1) is 0 Å². The zero-order valence-corrected chi connectivity index (χ0v) is 62.3. The Labute approximate surface area is 568 Å². The number of carbonyl (C=O) groups is 4. The van der Waals surface area contributed by atoms with E-state index in [0.29, 0.717) is 25.7 Å². The fourth-order valence-corrected chi connectivity index (χ4v) is 12.9. The normalized spacial score (nSPS) is 14.1. The van der Waals surface area contributed by atoms with Crippen molar-refractivity contribution in [1.29, 1.82) is 0 Å². The number of carbonyl (C=O) groups excluding carboxylic acids is 4. The lowest BCUT2D eigenvalue weighted by molar-refractivity contribution is -0.161. The Hall–Kier alpha value is -1.94. The fraction of sp³-hybridized carbons (Fsp3) is 0.946. The number of aliphatic hydroxyl groups excluding tert-OH is 1. The lowest BCUT2D eigenvalue weighted by Crippen LogP contribution is -2.30. The summed E-state index contributed by atoms with van der Waals surface area (Å²) < 4.78 is 68.4. The summed E-state index contributed by atoms with van der Waals surface area (Å²) in [5.74, 6) is -0.564. The molecule has 0 aliphatic rings. The third-order valence-corrected chi connectivity index (χ3v) is 19.1. The summed E-state index contributed by atoms with van der Waals surface area (Å²) in [6.45, 7) is 9.59. The minimum atomic E-state index is -4.95. The molecule has 2 unspecified atom stereocenters. The van der Waals surface area contributed by atoms with Crippen molar-refractivity contribution in [3.8, 4) is 0 Å². The fourth-order valence-electron chi connectivity index (χ4n) is 11.3. The van der Waals surface area contributed by atoms with E-state index < -0.39 is 97.5 Å². The van der Waals surface area contributed by atoms with Crippen LogP contribution >= 0.6 is 15.6 Å². The Morgan fingerprint density at radius 3 is 0.731 bits per heavy atom. The molecule has 552 valence electrons. The third-order valence-electron chi connectivity index (χ3n) is 17.2. The molecule has 0 aromatic rings. The summed E-state index contributed by atoms with van der Waals surface area (Å²) in [7, 11) is -9.90. The molecule has 0 aromatic carbocycles. The van der Waals surface area contributed by atoms with Crippen LogP contribution in [0.1, 0.15) is 382 Å². The molecule has 0 aliphatic carbocycles. The highest BCUT2D eigenvalue weighted by Crippen LogP contribution is 2.45. The Balaban J connectivity index is 5.22. The lowest BCUT2D eigenvalue weighted by atomic mass is 10.0. The maximum Gasteiger partial charge on any atom is 0.472 e. The second kappa shape index (κ2) is 66.0. The van der Waals surface area contributed by atoms with E-state index in [-0.39, 0.29) is 25.7 Å². The van der Waals surface area contributed by atoms with Crippen molar-refractivity contribution in [2.75, 3.05) is 39.6 Å². The average molecular weight is 1370 g/mol. The maximum atomic E-state index is 13.1. The molecule has 0 aliphatic heterocycles. The van der Waals surface area contributed by atoms with Gasteiger partial charge < -0.3 is 33.8 Å². The number of aliphatic hydroxyl groups is 1. The minimum Gasteiger partial charge on any atom is -0.462 e. The van der Waals surface area contributed by atoms with Gasteiger partial charge >= 0.3 is 39.5 Å². The summed E-state index contributed by atoms with van der Waals surface area (Å²) in [5, 5.41) is 10.6. The van der Waals surface area contributed by atoms with Gasteiger partial charge in [0.25, 0.3) is 0 Å². The van der Waals surface area contributed by atoms with Gasteiger partial charge in [-0.05, 0) is 37.5 Å². The summed E-state index contributed by atoms with van der Waals surface area (Å²) in [4.78, 5) is 72.7. The molecular formula is C74H144O17P2. The van der Waals surface area contributed by atoms with Crippen LogP contribution in [0.3, 0.4) is 0 Å². The Morgan fingerprint density at radius 2 is 0.495 bits per heavy atom. The first-order chi connectivity index (χ1) is 44.9. The average Bonchev–Trinajstić information content (AvgIpc) is 1.65. The molecule has 5 atom stereocenters. The zero-order valence-electron chi connectivity index (χ0n) is 60.6. The van der Waals surface area contributed by atoms with Crippen LogP contribution in [0.15, 0.2) is 0 Å². The monoisotopic (exact) mass is 1370 g/mol. The van der Waals surface area contributed by atoms with E-state index >= 15 is 0 Å². The number of rotatable bonds is 73. The molecule has 0 amide bonds. The van der Waals surface area contributed by atoms with E-state index in [1.54, 1.807) is 0 Å². The van der Waals surface area contributed by atoms with Gasteiger partial charge in [0.1, 0.15) is 19.3 Å². The third kappa shape index (κ3) is 68.4. The van der Waals surface area contributed by atoms with Gasteiger partial charge in [-0.2, -0.15) is 0 Å². The van der Waals surface area contributed by atoms with Gasteiger partial charge in [-0.3, -0.25) is 37.3 Å². The number of phosphoric ester groups is 2. The van der Waals surface area contributed by atoms with E-state index in [1.807, 2.05) is 0 Å². The quantitative estimate of drug-likeness (QED) is 0.0222. The second-order valence-electron chi connectivity index (χ2n) is 27.6. The predicted molar refractivity (Wildman–Crippen MR) is 377 cm³/mol. The molecule has 0 spiro atoms. The molecule has 0 bridgehead atoms. The standard InChI is InChI=1S/C74H144O17P2/c1-7-9-11-13-15-17-25-32-38-44-50-56-71(76)84-62-69(90-73(78)58-52-46-40-33-26-18-16-14-12-10-8-2)64-88-92(80,81)86-60-68(75)61-87-93(82,83)89-65-70(63-85-72(77)57-51-45-39-35-29-31-37-43-49-55-67(5)6)91-74(79)59-53-47-41-34-28-24-22-20-19-21-23-27-30-36-42-48-54-66(3)4/h66-70,75H,7-65H2,1-6H3,(H,80,81)(H,82,83)/t68-,69+,70+/m0/s1. The van der Waals surface area contributed by atoms with Crippen LogP contribution in [0, 0.1) is 11.8 Å². The topological polar surface area (TPSA) is 237 Å². The van der Waals surface area contributed by atoms with Crippen LogP contribution in [-0.2, 0) is 65.4 Å². The van der Waals surface area contributed by atoms with E-state index in [9.17, 15) is 43.2 Å². The van der Waals surface area contributed by atoms with Gasteiger partial charge in [-0.25, -0.2) is 9.13 Å². The van der Waals surface area contributed by atoms with Crippen LogP contribution in [0.2, 0.25) is 0 Å². The van der Waals surface area contributed by atoms with Crippen LogP contribution < -0.4 is 0 Å². The summed E-state index contributed by atoms with van der Waals surface area (Å²) in [5.41, 5.74) is 0. The first-order valence-electron chi connectivity index (χ1n) is 38.5.